The summed E-state index contributed by atoms with van der Waals surface area (Å²) >= 11 is 0. The molecular weight excluding hydrogens is 272 g/mol. The van der Waals surface area contributed by atoms with Crippen molar-refractivity contribution in [3.63, 3.8) is 0 Å². The second-order valence-electron chi connectivity index (χ2n) is 5.70. The molecule has 0 saturated carbocycles. The molecule has 2 N–H and O–H groups in total. The lowest BCUT2D eigenvalue weighted by molar-refractivity contribution is -0.116. The first-order valence-corrected chi connectivity index (χ1v) is 7.73. The Labute approximate surface area is 132 Å². The normalized spacial score (nSPS) is 11.8. The van der Waals surface area contributed by atoms with Crippen LogP contribution in [0.1, 0.15) is 30.5 Å². The molecule has 0 heterocycles. The second kappa shape index (κ2) is 7.12. The third-order valence-electron chi connectivity index (χ3n) is 3.91. The van der Waals surface area contributed by atoms with Gasteiger partial charge in [-0.15, -0.1) is 0 Å². The van der Waals surface area contributed by atoms with E-state index < -0.39 is 0 Å². The molecule has 0 saturated heterocycles. The number of nitrogens with one attached hydrogen (secondary N) is 2. The molecule has 0 radical (unpaired) electrons. The lowest BCUT2D eigenvalue weighted by Crippen LogP contribution is -2.31. The topological polar surface area (TPSA) is 41.1 Å². The zero-order chi connectivity index (χ0) is 16.1. The summed E-state index contributed by atoms with van der Waals surface area (Å²) in [6.45, 7) is 8.13. The maximum atomic E-state index is 12.2. The molecule has 2 aromatic rings. The zero-order valence-electron chi connectivity index (χ0n) is 13.7. The minimum atomic E-state index is -0.298. The number of hydrogen-bond donors (Lipinski definition) is 2. The van der Waals surface area contributed by atoms with Crippen LogP contribution < -0.4 is 10.6 Å². The van der Waals surface area contributed by atoms with Crippen molar-refractivity contribution in [2.45, 2.75) is 40.2 Å². The fraction of sp³-hybridized carbons (Fsp3) is 0.316. The Bertz CT molecular complexity index is 647. The number of hydrogen-bond acceptors (Lipinski definition) is 2. The van der Waals surface area contributed by atoms with E-state index in [0.29, 0.717) is 0 Å². The highest BCUT2D eigenvalue weighted by atomic mass is 16.2. The third-order valence-corrected chi connectivity index (χ3v) is 3.91. The fourth-order valence-corrected chi connectivity index (χ4v) is 2.22. The van der Waals surface area contributed by atoms with Gasteiger partial charge in [0.25, 0.3) is 0 Å². The van der Waals surface area contributed by atoms with Crippen LogP contribution in [0.25, 0.3) is 0 Å². The van der Waals surface area contributed by atoms with Gasteiger partial charge in [-0.2, -0.15) is 0 Å². The molecule has 0 spiro atoms. The summed E-state index contributed by atoms with van der Waals surface area (Å²) in [5, 5.41) is 6.18. The Balaban J connectivity index is 1.97. The summed E-state index contributed by atoms with van der Waals surface area (Å²) in [5.41, 5.74) is 5.52. The summed E-state index contributed by atoms with van der Waals surface area (Å²) in [5.74, 6) is -0.0394. The van der Waals surface area contributed by atoms with E-state index in [1.165, 1.54) is 16.7 Å². The molecular formula is C19H24N2O. The second-order valence-corrected chi connectivity index (χ2v) is 5.70. The van der Waals surface area contributed by atoms with E-state index in [1.807, 2.05) is 37.3 Å². The molecule has 1 unspecified atom stereocenters. The number of benzene rings is 2. The molecule has 2 rings (SSSR count). The van der Waals surface area contributed by atoms with Crippen molar-refractivity contribution in [1.29, 1.82) is 0 Å². The fourth-order valence-electron chi connectivity index (χ4n) is 2.22. The van der Waals surface area contributed by atoms with E-state index in [2.05, 4.69) is 43.5 Å². The van der Waals surface area contributed by atoms with Gasteiger partial charge in [0.15, 0.2) is 0 Å². The van der Waals surface area contributed by atoms with E-state index in [9.17, 15) is 4.79 Å². The van der Waals surface area contributed by atoms with E-state index in [-0.39, 0.29) is 11.9 Å². The highest BCUT2D eigenvalue weighted by Gasteiger charge is 2.13. The minimum Gasteiger partial charge on any atom is -0.374 e. The van der Waals surface area contributed by atoms with Crippen LogP contribution in [0.4, 0.5) is 11.4 Å². The summed E-state index contributed by atoms with van der Waals surface area (Å²) in [6, 6.07) is 13.8. The third kappa shape index (κ3) is 4.10. The smallest absolute Gasteiger partial charge is 0.246 e. The molecule has 1 atom stereocenters. The molecule has 0 aromatic heterocycles. The molecule has 0 aliphatic rings. The lowest BCUT2D eigenvalue weighted by atomic mass is 10.1. The average molecular weight is 296 g/mol. The van der Waals surface area contributed by atoms with Crippen LogP contribution in [0.5, 0.6) is 0 Å². The van der Waals surface area contributed by atoms with Gasteiger partial charge in [-0.25, -0.2) is 0 Å². The Morgan fingerprint density at radius 1 is 1.00 bits per heavy atom. The molecule has 3 nitrogen and oxygen atoms in total. The van der Waals surface area contributed by atoms with Crippen LogP contribution in [0.3, 0.4) is 0 Å². The molecule has 0 bridgehead atoms. The van der Waals surface area contributed by atoms with Gasteiger partial charge in [0.05, 0.1) is 0 Å². The summed E-state index contributed by atoms with van der Waals surface area (Å²) in [4.78, 5) is 12.2. The summed E-state index contributed by atoms with van der Waals surface area (Å²) < 4.78 is 0. The highest BCUT2D eigenvalue weighted by molar-refractivity contribution is 5.96. The maximum Gasteiger partial charge on any atom is 0.246 e. The van der Waals surface area contributed by atoms with E-state index >= 15 is 0 Å². The van der Waals surface area contributed by atoms with Crippen molar-refractivity contribution in [2.24, 2.45) is 0 Å². The minimum absolute atomic E-state index is 0.0394. The predicted molar refractivity (Wildman–Crippen MR) is 93.5 cm³/mol. The molecule has 1 amide bonds. The molecule has 3 heteroatoms. The summed E-state index contributed by atoms with van der Waals surface area (Å²) in [7, 11) is 0. The molecule has 0 aliphatic heterocycles. The Morgan fingerprint density at radius 3 is 2.23 bits per heavy atom. The van der Waals surface area contributed by atoms with Gasteiger partial charge in [-0.1, -0.05) is 25.1 Å². The molecule has 0 aliphatic carbocycles. The molecule has 116 valence electrons. The van der Waals surface area contributed by atoms with Gasteiger partial charge in [-0.05, 0) is 68.1 Å². The van der Waals surface area contributed by atoms with Crippen molar-refractivity contribution < 1.29 is 4.79 Å². The van der Waals surface area contributed by atoms with Crippen molar-refractivity contribution in [2.75, 3.05) is 10.6 Å². The Kier molecular flexibility index (Phi) is 5.21. The molecule has 0 fully saturated rings. The van der Waals surface area contributed by atoms with E-state index in [1.54, 1.807) is 0 Å². The SMILES string of the molecule is CCc1ccc(NC(=O)C(C)Nc2ccc(C)c(C)c2)cc1. The van der Waals surface area contributed by atoms with Crippen LogP contribution in [-0.2, 0) is 11.2 Å². The van der Waals surface area contributed by atoms with Crippen molar-refractivity contribution >= 4 is 17.3 Å². The van der Waals surface area contributed by atoms with Crippen LogP contribution in [0.15, 0.2) is 42.5 Å². The molecule has 22 heavy (non-hydrogen) atoms. The first-order chi connectivity index (χ1) is 10.5. The van der Waals surface area contributed by atoms with Crippen LogP contribution >= 0.6 is 0 Å². The first-order valence-electron chi connectivity index (χ1n) is 7.73. The number of rotatable bonds is 5. The van der Waals surface area contributed by atoms with Crippen molar-refractivity contribution in [3.8, 4) is 0 Å². The van der Waals surface area contributed by atoms with Crippen LogP contribution in [-0.4, -0.2) is 11.9 Å². The summed E-state index contributed by atoms with van der Waals surface area (Å²) in [6.07, 6.45) is 0.999. The predicted octanol–water partition coefficient (Wildman–Crippen LogP) is 4.30. The maximum absolute atomic E-state index is 12.2. The van der Waals surface area contributed by atoms with Crippen LogP contribution in [0.2, 0.25) is 0 Å². The lowest BCUT2D eigenvalue weighted by Gasteiger charge is -2.16. The van der Waals surface area contributed by atoms with Crippen molar-refractivity contribution in [1.82, 2.24) is 0 Å². The van der Waals surface area contributed by atoms with Crippen LogP contribution in [0, 0.1) is 13.8 Å². The van der Waals surface area contributed by atoms with Gasteiger partial charge in [0.2, 0.25) is 5.91 Å². The number of carbonyl (C=O) groups is 1. The largest absolute Gasteiger partial charge is 0.374 e. The standard InChI is InChI=1S/C19H24N2O/c1-5-16-7-10-17(11-8-16)21-19(22)15(4)20-18-9-6-13(2)14(3)12-18/h6-12,15,20H,5H2,1-4H3,(H,21,22). The van der Waals surface area contributed by atoms with Crippen molar-refractivity contribution in [3.05, 3.63) is 59.2 Å². The number of anilines is 2. The Hall–Kier alpha value is -2.29. The number of carbonyl (C=O) groups excluding carboxylic acids is 1. The number of aryl methyl sites for hydroxylation is 3. The quantitative estimate of drug-likeness (QED) is 0.863. The first kappa shape index (κ1) is 16.1. The van der Waals surface area contributed by atoms with Gasteiger partial charge in [0.1, 0.15) is 6.04 Å². The van der Waals surface area contributed by atoms with E-state index in [4.69, 9.17) is 0 Å². The van der Waals surface area contributed by atoms with Gasteiger partial charge < -0.3 is 10.6 Å². The van der Waals surface area contributed by atoms with Gasteiger partial charge in [-0.3, -0.25) is 4.79 Å². The van der Waals surface area contributed by atoms with Gasteiger partial charge >= 0.3 is 0 Å². The van der Waals surface area contributed by atoms with Gasteiger partial charge in [0, 0.05) is 11.4 Å². The highest BCUT2D eigenvalue weighted by Crippen LogP contribution is 2.16. The Morgan fingerprint density at radius 2 is 1.64 bits per heavy atom. The number of amides is 1. The zero-order valence-corrected chi connectivity index (χ0v) is 13.7. The average Bonchev–Trinajstić information content (AvgIpc) is 2.51. The monoisotopic (exact) mass is 296 g/mol. The molecule has 2 aromatic carbocycles. The van der Waals surface area contributed by atoms with E-state index in [0.717, 1.165) is 17.8 Å².